The van der Waals surface area contributed by atoms with Gasteiger partial charge in [-0.15, -0.1) is 0 Å². The number of hydrogen-bond donors (Lipinski definition) is 1. The van der Waals surface area contributed by atoms with Crippen LogP contribution >= 0.6 is 0 Å². The minimum Gasteiger partial charge on any atom is -0.491 e. The van der Waals surface area contributed by atoms with E-state index in [0.717, 1.165) is 0 Å². The van der Waals surface area contributed by atoms with Gasteiger partial charge in [0.25, 0.3) is 0 Å². The summed E-state index contributed by atoms with van der Waals surface area (Å²) in [5.41, 5.74) is 6.27. The van der Waals surface area contributed by atoms with Crippen LogP contribution in [0.5, 0.6) is 5.75 Å². The molecule has 2 N–H and O–H groups in total. The molecule has 1 rings (SSSR count). The smallest absolute Gasteiger partial charge is 0.124 e. The van der Waals surface area contributed by atoms with Crippen LogP contribution in [0.1, 0.15) is 39.3 Å². The minimum atomic E-state index is -0.305. The molecule has 0 spiro atoms. The molecule has 0 aliphatic heterocycles. The fraction of sp³-hybridized carbons (Fsp3) is 0.571. The second kappa shape index (κ2) is 6.16. The Bertz CT molecular complexity index is 386. The van der Waals surface area contributed by atoms with Gasteiger partial charge in [0.1, 0.15) is 18.2 Å². The van der Waals surface area contributed by atoms with Crippen LogP contribution in [0, 0.1) is 5.82 Å². The highest BCUT2D eigenvalue weighted by atomic mass is 19.1. The molecular weight excluding hydrogens is 233 g/mol. The van der Waals surface area contributed by atoms with Gasteiger partial charge in [0.2, 0.25) is 0 Å². The van der Waals surface area contributed by atoms with Crippen LogP contribution in [0.3, 0.4) is 0 Å². The summed E-state index contributed by atoms with van der Waals surface area (Å²) in [6, 6.07) is 4.11. The van der Waals surface area contributed by atoms with Crippen LogP contribution in [0.2, 0.25) is 0 Å². The predicted octanol–water partition coefficient (Wildman–Crippen LogP) is 3.04. The van der Waals surface area contributed by atoms with Crippen LogP contribution in [0.4, 0.5) is 4.39 Å². The van der Waals surface area contributed by atoms with E-state index >= 15 is 0 Å². The lowest BCUT2D eigenvalue weighted by Gasteiger charge is -2.20. The Morgan fingerprint density at radius 1 is 1.28 bits per heavy atom. The minimum absolute atomic E-state index is 0.184. The normalized spacial score (nSPS) is 13.4. The van der Waals surface area contributed by atoms with Crippen molar-refractivity contribution in [1.82, 2.24) is 0 Å². The third-order valence-corrected chi connectivity index (χ3v) is 2.34. The summed E-state index contributed by atoms with van der Waals surface area (Å²) >= 11 is 0. The standard InChI is InChI=1S/C14H22FNO2/c1-10(16)12-9-11(15)5-6-13(12)17-7-8-18-14(2,3)4/h5-6,9-10H,7-8,16H2,1-4H3. The van der Waals surface area contributed by atoms with Crippen molar-refractivity contribution in [2.45, 2.75) is 39.3 Å². The van der Waals surface area contributed by atoms with E-state index in [1.807, 2.05) is 20.8 Å². The van der Waals surface area contributed by atoms with E-state index in [1.165, 1.54) is 12.1 Å². The van der Waals surface area contributed by atoms with Crippen molar-refractivity contribution in [2.24, 2.45) is 5.73 Å². The molecule has 1 atom stereocenters. The van der Waals surface area contributed by atoms with Gasteiger partial charge >= 0.3 is 0 Å². The molecule has 1 unspecified atom stereocenters. The molecule has 4 heteroatoms. The average Bonchev–Trinajstić information content (AvgIpc) is 2.24. The summed E-state index contributed by atoms with van der Waals surface area (Å²) in [5, 5.41) is 0. The molecule has 102 valence electrons. The number of ether oxygens (including phenoxy) is 2. The Balaban J connectivity index is 2.57. The van der Waals surface area contributed by atoms with Crippen LogP contribution in [-0.4, -0.2) is 18.8 Å². The molecule has 1 aromatic rings. The number of nitrogens with two attached hydrogens (primary N) is 1. The molecule has 0 saturated carbocycles. The lowest BCUT2D eigenvalue weighted by molar-refractivity contribution is -0.0164. The van der Waals surface area contributed by atoms with Crippen LogP contribution < -0.4 is 10.5 Å². The zero-order valence-corrected chi connectivity index (χ0v) is 11.5. The molecule has 18 heavy (non-hydrogen) atoms. The predicted molar refractivity (Wildman–Crippen MR) is 70.2 cm³/mol. The maximum absolute atomic E-state index is 13.1. The fourth-order valence-electron chi connectivity index (χ4n) is 1.51. The number of halogens is 1. The van der Waals surface area contributed by atoms with Gasteiger partial charge in [-0.2, -0.15) is 0 Å². The summed E-state index contributed by atoms with van der Waals surface area (Å²) < 4.78 is 24.2. The quantitative estimate of drug-likeness (QED) is 0.822. The van der Waals surface area contributed by atoms with Crippen molar-refractivity contribution in [3.05, 3.63) is 29.6 Å². The van der Waals surface area contributed by atoms with E-state index in [1.54, 1.807) is 13.0 Å². The third-order valence-electron chi connectivity index (χ3n) is 2.34. The maximum Gasteiger partial charge on any atom is 0.124 e. The van der Waals surface area contributed by atoms with Crippen LogP contribution in [-0.2, 0) is 4.74 Å². The molecule has 0 aliphatic carbocycles. The first-order valence-electron chi connectivity index (χ1n) is 6.11. The Morgan fingerprint density at radius 3 is 2.50 bits per heavy atom. The van der Waals surface area contributed by atoms with Gasteiger partial charge < -0.3 is 15.2 Å². The maximum atomic E-state index is 13.1. The Morgan fingerprint density at radius 2 is 1.94 bits per heavy atom. The van der Waals surface area contributed by atoms with Crippen molar-refractivity contribution in [3.63, 3.8) is 0 Å². The summed E-state index contributed by atoms with van der Waals surface area (Å²) in [6.45, 7) is 8.66. The first kappa shape index (κ1) is 14.9. The van der Waals surface area contributed by atoms with E-state index < -0.39 is 0 Å². The summed E-state index contributed by atoms with van der Waals surface area (Å²) in [6.07, 6.45) is 0. The third kappa shape index (κ3) is 5.02. The van der Waals surface area contributed by atoms with Gasteiger partial charge in [-0.05, 0) is 45.9 Å². The van der Waals surface area contributed by atoms with Crippen molar-refractivity contribution in [3.8, 4) is 5.75 Å². The first-order valence-corrected chi connectivity index (χ1v) is 6.11. The largest absolute Gasteiger partial charge is 0.491 e. The topological polar surface area (TPSA) is 44.5 Å². The van der Waals surface area contributed by atoms with E-state index in [-0.39, 0.29) is 17.5 Å². The molecule has 0 fully saturated rings. The zero-order valence-electron chi connectivity index (χ0n) is 11.5. The molecular formula is C14H22FNO2. The van der Waals surface area contributed by atoms with Crippen molar-refractivity contribution in [1.29, 1.82) is 0 Å². The number of benzene rings is 1. The van der Waals surface area contributed by atoms with E-state index in [2.05, 4.69) is 0 Å². The van der Waals surface area contributed by atoms with Crippen molar-refractivity contribution < 1.29 is 13.9 Å². The van der Waals surface area contributed by atoms with E-state index in [4.69, 9.17) is 15.2 Å². The van der Waals surface area contributed by atoms with Crippen LogP contribution in [0.15, 0.2) is 18.2 Å². The first-order chi connectivity index (χ1) is 8.29. The Labute approximate surface area is 108 Å². The molecule has 3 nitrogen and oxygen atoms in total. The molecule has 0 radical (unpaired) electrons. The molecule has 1 aromatic carbocycles. The summed E-state index contributed by atoms with van der Waals surface area (Å²) in [4.78, 5) is 0. The number of hydrogen-bond acceptors (Lipinski definition) is 3. The lowest BCUT2D eigenvalue weighted by atomic mass is 10.1. The second-order valence-corrected chi connectivity index (χ2v) is 5.28. The Kier molecular flexibility index (Phi) is 5.11. The lowest BCUT2D eigenvalue weighted by Crippen LogP contribution is -2.22. The summed E-state index contributed by atoms with van der Waals surface area (Å²) in [7, 11) is 0. The van der Waals surface area contributed by atoms with Gasteiger partial charge in [-0.25, -0.2) is 4.39 Å². The van der Waals surface area contributed by atoms with Gasteiger partial charge in [0.05, 0.1) is 12.2 Å². The molecule has 0 aliphatic rings. The highest BCUT2D eigenvalue weighted by molar-refractivity contribution is 5.36. The average molecular weight is 255 g/mol. The van der Waals surface area contributed by atoms with Gasteiger partial charge in [-0.1, -0.05) is 0 Å². The van der Waals surface area contributed by atoms with Crippen molar-refractivity contribution >= 4 is 0 Å². The van der Waals surface area contributed by atoms with Gasteiger partial charge in [-0.3, -0.25) is 0 Å². The zero-order chi connectivity index (χ0) is 13.8. The molecule has 0 bridgehead atoms. The van der Waals surface area contributed by atoms with E-state index in [9.17, 15) is 4.39 Å². The van der Waals surface area contributed by atoms with Crippen molar-refractivity contribution in [2.75, 3.05) is 13.2 Å². The fourth-order valence-corrected chi connectivity index (χ4v) is 1.51. The number of rotatable bonds is 5. The van der Waals surface area contributed by atoms with Gasteiger partial charge in [0, 0.05) is 11.6 Å². The van der Waals surface area contributed by atoms with E-state index in [0.29, 0.717) is 24.5 Å². The molecule has 0 aromatic heterocycles. The highest BCUT2D eigenvalue weighted by Gasteiger charge is 2.11. The summed E-state index contributed by atoms with van der Waals surface area (Å²) in [5.74, 6) is 0.310. The second-order valence-electron chi connectivity index (χ2n) is 5.28. The monoisotopic (exact) mass is 255 g/mol. The SMILES string of the molecule is CC(N)c1cc(F)ccc1OCCOC(C)(C)C. The molecule has 0 saturated heterocycles. The molecule has 0 heterocycles. The Hall–Kier alpha value is -1.13. The highest BCUT2D eigenvalue weighted by Crippen LogP contribution is 2.24. The van der Waals surface area contributed by atoms with Crippen LogP contribution in [0.25, 0.3) is 0 Å². The van der Waals surface area contributed by atoms with Gasteiger partial charge in [0.15, 0.2) is 0 Å². The molecule has 0 amide bonds.